The van der Waals surface area contributed by atoms with Crippen LogP contribution in [0.5, 0.6) is 11.5 Å². The van der Waals surface area contributed by atoms with Crippen LogP contribution >= 0.6 is 11.8 Å². The second kappa shape index (κ2) is 10.9. The SMILES string of the molecule is COc1cc(/C=C2/SC(=O)N(CC(=O)Nc3ccc(C)cc3)C2=O)ccc1OCc1ccncc1. The number of methoxy groups -OCH3 is 1. The molecule has 35 heavy (non-hydrogen) atoms. The van der Waals surface area contributed by atoms with E-state index in [1.807, 2.05) is 31.2 Å². The molecule has 1 saturated heterocycles. The summed E-state index contributed by atoms with van der Waals surface area (Å²) in [6.45, 7) is 1.93. The monoisotopic (exact) mass is 489 g/mol. The number of pyridine rings is 1. The van der Waals surface area contributed by atoms with Gasteiger partial charge >= 0.3 is 0 Å². The Morgan fingerprint density at radius 1 is 1.06 bits per heavy atom. The average Bonchev–Trinajstić information content (AvgIpc) is 3.12. The zero-order valence-electron chi connectivity index (χ0n) is 19.2. The largest absolute Gasteiger partial charge is 0.493 e. The summed E-state index contributed by atoms with van der Waals surface area (Å²) >= 11 is 0.793. The molecule has 1 aliphatic heterocycles. The zero-order valence-corrected chi connectivity index (χ0v) is 20.0. The normalized spacial score (nSPS) is 14.3. The maximum Gasteiger partial charge on any atom is 0.294 e. The number of nitrogens with zero attached hydrogens (tertiary/aromatic N) is 2. The van der Waals surface area contributed by atoms with Gasteiger partial charge in [0.2, 0.25) is 5.91 Å². The number of carbonyl (C=O) groups excluding carboxylic acids is 3. The Balaban J connectivity index is 1.42. The molecule has 0 bridgehead atoms. The van der Waals surface area contributed by atoms with Crippen molar-refractivity contribution in [2.45, 2.75) is 13.5 Å². The molecule has 1 aromatic heterocycles. The summed E-state index contributed by atoms with van der Waals surface area (Å²) in [5, 5.41) is 2.20. The maximum absolute atomic E-state index is 12.8. The number of amides is 3. The first-order valence-corrected chi connectivity index (χ1v) is 11.6. The summed E-state index contributed by atoms with van der Waals surface area (Å²) in [5.41, 5.74) is 3.28. The summed E-state index contributed by atoms with van der Waals surface area (Å²) < 4.78 is 11.3. The molecular weight excluding hydrogens is 466 g/mol. The molecule has 0 aliphatic carbocycles. The fourth-order valence-electron chi connectivity index (χ4n) is 3.30. The predicted octanol–water partition coefficient (Wildman–Crippen LogP) is 4.65. The van der Waals surface area contributed by atoms with Gasteiger partial charge in [0.25, 0.3) is 11.1 Å². The molecule has 9 heteroatoms. The van der Waals surface area contributed by atoms with Gasteiger partial charge in [-0.15, -0.1) is 0 Å². The zero-order chi connectivity index (χ0) is 24.8. The predicted molar refractivity (Wildman–Crippen MR) is 134 cm³/mol. The van der Waals surface area contributed by atoms with Gasteiger partial charge in [-0.2, -0.15) is 0 Å². The number of imide groups is 1. The van der Waals surface area contributed by atoms with Crippen LogP contribution in [0, 0.1) is 6.92 Å². The van der Waals surface area contributed by atoms with Crippen LogP contribution in [-0.4, -0.2) is 40.6 Å². The minimum absolute atomic E-state index is 0.227. The van der Waals surface area contributed by atoms with Crippen molar-refractivity contribution >= 4 is 40.6 Å². The van der Waals surface area contributed by atoms with Gasteiger partial charge in [0.1, 0.15) is 13.2 Å². The van der Waals surface area contributed by atoms with Gasteiger partial charge in [-0.3, -0.25) is 24.3 Å². The standard InChI is InChI=1S/C26H23N3O5S/c1-17-3-6-20(7-4-17)28-24(30)15-29-25(31)23(35-26(29)32)14-19-5-8-21(22(13-19)33-2)34-16-18-9-11-27-12-10-18/h3-14H,15-16H2,1-2H3,(H,28,30)/b23-14+. The van der Waals surface area contributed by atoms with Crippen molar-refractivity contribution in [3.05, 3.63) is 88.6 Å². The lowest BCUT2D eigenvalue weighted by atomic mass is 10.2. The number of thioether (sulfide) groups is 1. The van der Waals surface area contributed by atoms with Crippen LogP contribution in [0.25, 0.3) is 6.08 Å². The highest BCUT2D eigenvalue weighted by Crippen LogP contribution is 2.34. The van der Waals surface area contributed by atoms with E-state index in [9.17, 15) is 14.4 Å². The van der Waals surface area contributed by atoms with Crippen molar-refractivity contribution in [3.8, 4) is 11.5 Å². The van der Waals surface area contributed by atoms with Gasteiger partial charge in [0.15, 0.2) is 11.5 Å². The van der Waals surface area contributed by atoms with Gasteiger partial charge < -0.3 is 14.8 Å². The van der Waals surface area contributed by atoms with Crippen molar-refractivity contribution in [1.82, 2.24) is 9.88 Å². The Bertz CT molecular complexity index is 1280. The first-order valence-electron chi connectivity index (χ1n) is 10.7. The van der Waals surface area contributed by atoms with E-state index in [1.165, 1.54) is 7.11 Å². The Morgan fingerprint density at radius 2 is 1.80 bits per heavy atom. The number of hydrogen-bond donors (Lipinski definition) is 1. The Hall–Kier alpha value is -4.11. The number of aromatic nitrogens is 1. The minimum Gasteiger partial charge on any atom is -0.493 e. The second-order valence-corrected chi connectivity index (χ2v) is 8.73. The van der Waals surface area contributed by atoms with Gasteiger partial charge in [-0.25, -0.2) is 0 Å². The van der Waals surface area contributed by atoms with E-state index in [4.69, 9.17) is 9.47 Å². The second-order valence-electron chi connectivity index (χ2n) is 7.74. The summed E-state index contributed by atoms with van der Waals surface area (Å²) in [4.78, 5) is 42.7. The lowest BCUT2D eigenvalue weighted by Crippen LogP contribution is -2.36. The Kier molecular flexibility index (Phi) is 7.47. The number of rotatable bonds is 8. The van der Waals surface area contributed by atoms with Crippen molar-refractivity contribution in [3.63, 3.8) is 0 Å². The van der Waals surface area contributed by atoms with E-state index in [2.05, 4.69) is 10.3 Å². The number of benzene rings is 2. The highest BCUT2D eigenvalue weighted by Gasteiger charge is 2.36. The molecule has 178 valence electrons. The van der Waals surface area contributed by atoms with Crippen LogP contribution in [0.3, 0.4) is 0 Å². The fraction of sp³-hybridized carbons (Fsp3) is 0.154. The minimum atomic E-state index is -0.518. The quantitative estimate of drug-likeness (QED) is 0.460. The van der Waals surface area contributed by atoms with Gasteiger partial charge in [0.05, 0.1) is 12.0 Å². The lowest BCUT2D eigenvalue weighted by molar-refractivity contribution is -0.127. The Morgan fingerprint density at radius 3 is 2.51 bits per heavy atom. The molecule has 3 aromatic rings. The molecule has 1 N–H and O–H groups in total. The number of hydrogen-bond acceptors (Lipinski definition) is 7. The van der Waals surface area contributed by atoms with Crippen LogP contribution in [0.2, 0.25) is 0 Å². The van der Waals surface area contributed by atoms with Gasteiger partial charge in [-0.1, -0.05) is 23.8 Å². The fourth-order valence-corrected chi connectivity index (χ4v) is 4.14. The molecular formula is C26H23N3O5S. The molecule has 1 fully saturated rings. The summed E-state index contributed by atoms with van der Waals surface area (Å²) in [6, 6.07) is 16.2. The molecule has 0 saturated carbocycles. The highest BCUT2D eigenvalue weighted by atomic mass is 32.2. The topological polar surface area (TPSA) is 97.8 Å². The summed E-state index contributed by atoms with van der Waals surface area (Å²) in [7, 11) is 1.53. The molecule has 0 unspecified atom stereocenters. The molecule has 1 aliphatic rings. The molecule has 0 spiro atoms. The van der Waals surface area contributed by atoms with Crippen molar-refractivity contribution in [2.24, 2.45) is 0 Å². The van der Waals surface area contributed by atoms with E-state index in [-0.39, 0.29) is 11.4 Å². The van der Waals surface area contributed by atoms with Crippen molar-refractivity contribution in [2.75, 3.05) is 19.0 Å². The van der Waals surface area contributed by atoms with Crippen LogP contribution in [-0.2, 0) is 16.2 Å². The molecule has 3 amide bonds. The summed E-state index contributed by atoms with van der Waals surface area (Å²) in [6.07, 6.45) is 4.98. The number of ether oxygens (including phenoxy) is 2. The van der Waals surface area contributed by atoms with Gasteiger partial charge in [-0.05, 0) is 72.3 Å². The molecule has 0 atom stereocenters. The van der Waals surface area contributed by atoms with E-state index in [0.717, 1.165) is 27.8 Å². The third-order valence-corrected chi connectivity index (χ3v) is 6.05. The smallest absolute Gasteiger partial charge is 0.294 e. The van der Waals surface area contributed by atoms with Crippen molar-refractivity contribution < 1.29 is 23.9 Å². The molecule has 2 heterocycles. The maximum atomic E-state index is 12.8. The lowest BCUT2D eigenvalue weighted by Gasteiger charge is -2.13. The summed E-state index contributed by atoms with van der Waals surface area (Å²) in [5.74, 6) is 0.0673. The van der Waals surface area contributed by atoms with E-state index in [1.54, 1.807) is 48.8 Å². The van der Waals surface area contributed by atoms with E-state index >= 15 is 0 Å². The van der Waals surface area contributed by atoms with Crippen LogP contribution in [0.15, 0.2) is 71.9 Å². The molecule has 4 rings (SSSR count). The third kappa shape index (κ3) is 6.07. The highest BCUT2D eigenvalue weighted by molar-refractivity contribution is 8.18. The number of anilines is 1. The average molecular weight is 490 g/mol. The first kappa shape index (κ1) is 24.0. The molecule has 2 aromatic carbocycles. The van der Waals surface area contributed by atoms with Crippen molar-refractivity contribution in [1.29, 1.82) is 0 Å². The van der Waals surface area contributed by atoms with Crippen LogP contribution in [0.4, 0.5) is 10.5 Å². The first-order chi connectivity index (χ1) is 16.9. The number of aryl methyl sites for hydroxylation is 1. The van der Waals surface area contributed by atoms with Crippen LogP contribution < -0.4 is 14.8 Å². The number of carbonyl (C=O) groups is 3. The Labute approximate surface area is 206 Å². The van der Waals surface area contributed by atoms with Crippen LogP contribution in [0.1, 0.15) is 16.7 Å². The van der Waals surface area contributed by atoms with E-state index in [0.29, 0.717) is 29.4 Å². The number of nitrogens with one attached hydrogen (secondary N) is 1. The van der Waals surface area contributed by atoms with E-state index < -0.39 is 17.1 Å². The third-order valence-electron chi connectivity index (χ3n) is 5.14. The molecule has 8 nitrogen and oxygen atoms in total. The van der Waals surface area contributed by atoms with Gasteiger partial charge in [0, 0.05) is 18.1 Å². The molecule has 0 radical (unpaired) electrons.